The van der Waals surface area contributed by atoms with Gasteiger partial charge in [-0.15, -0.1) is 0 Å². The molecule has 0 saturated carbocycles. The van der Waals surface area contributed by atoms with E-state index in [1.54, 1.807) is 36.4 Å². The highest BCUT2D eigenvalue weighted by atomic mass is 35.5. The fourth-order valence-corrected chi connectivity index (χ4v) is 4.48. The SMILES string of the molecule is O=C(Nc1ccc(C(=O)N2CCSCC2c2ccc(Cl)cc2)cc1)c1ccco1. The van der Waals surface area contributed by atoms with E-state index in [1.807, 2.05) is 40.9 Å². The van der Waals surface area contributed by atoms with Crippen LogP contribution in [-0.4, -0.2) is 34.8 Å². The first-order chi connectivity index (χ1) is 14.1. The van der Waals surface area contributed by atoms with Gasteiger partial charge in [0.05, 0.1) is 12.3 Å². The topological polar surface area (TPSA) is 62.6 Å². The molecular formula is C22H19ClN2O3S. The molecular weight excluding hydrogens is 408 g/mol. The van der Waals surface area contributed by atoms with E-state index in [0.717, 1.165) is 17.1 Å². The van der Waals surface area contributed by atoms with Crippen LogP contribution in [0.1, 0.15) is 32.5 Å². The van der Waals surface area contributed by atoms with Crippen molar-refractivity contribution in [2.75, 3.05) is 23.4 Å². The number of rotatable bonds is 4. The van der Waals surface area contributed by atoms with E-state index in [2.05, 4.69) is 5.32 Å². The lowest BCUT2D eigenvalue weighted by molar-refractivity contribution is 0.0701. The molecule has 2 aromatic carbocycles. The molecule has 0 radical (unpaired) electrons. The zero-order valence-electron chi connectivity index (χ0n) is 15.5. The van der Waals surface area contributed by atoms with E-state index < -0.39 is 0 Å². The van der Waals surface area contributed by atoms with Crippen LogP contribution in [0.2, 0.25) is 5.02 Å². The minimum absolute atomic E-state index is 0.0110. The second-order valence-corrected chi connectivity index (χ2v) is 8.24. The van der Waals surface area contributed by atoms with Crippen molar-refractivity contribution < 1.29 is 14.0 Å². The van der Waals surface area contributed by atoms with Crippen LogP contribution in [0.25, 0.3) is 0 Å². The highest BCUT2D eigenvalue weighted by Gasteiger charge is 2.29. The maximum atomic E-state index is 13.2. The molecule has 1 saturated heterocycles. The molecule has 0 spiro atoms. The van der Waals surface area contributed by atoms with Gasteiger partial charge in [-0.2, -0.15) is 11.8 Å². The summed E-state index contributed by atoms with van der Waals surface area (Å²) >= 11 is 7.85. The average Bonchev–Trinajstić information content (AvgIpc) is 3.30. The summed E-state index contributed by atoms with van der Waals surface area (Å²) < 4.78 is 5.09. The number of carbonyl (C=O) groups excluding carboxylic acids is 2. The van der Waals surface area contributed by atoms with E-state index in [4.69, 9.17) is 16.0 Å². The summed E-state index contributed by atoms with van der Waals surface area (Å²) in [7, 11) is 0. The summed E-state index contributed by atoms with van der Waals surface area (Å²) in [5.41, 5.74) is 2.27. The summed E-state index contributed by atoms with van der Waals surface area (Å²) in [6.07, 6.45) is 1.45. The van der Waals surface area contributed by atoms with Crippen molar-refractivity contribution >= 4 is 40.9 Å². The third-order valence-corrected chi connectivity index (χ3v) is 6.05. The first kappa shape index (κ1) is 19.6. The van der Waals surface area contributed by atoms with Crippen molar-refractivity contribution in [3.8, 4) is 0 Å². The lowest BCUT2D eigenvalue weighted by atomic mass is 10.0. The van der Waals surface area contributed by atoms with Gasteiger partial charge in [0.1, 0.15) is 0 Å². The molecule has 1 aliphatic rings. The van der Waals surface area contributed by atoms with Gasteiger partial charge in [0.15, 0.2) is 5.76 Å². The molecule has 1 aliphatic heterocycles. The fraction of sp³-hybridized carbons (Fsp3) is 0.182. The van der Waals surface area contributed by atoms with Gasteiger partial charge in [-0.1, -0.05) is 23.7 Å². The number of hydrogen-bond acceptors (Lipinski definition) is 4. The number of carbonyl (C=O) groups is 2. The predicted octanol–water partition coefficient (Wildman–Crippen LogP) is 5.12. The summed E-state index contributed by atoms with van der Waals surface area (Å²) in [4.78, 5) is 27.1. The number of hydrogen-bond donors (Lipinski definition) is 1. The van der Waals surface area contributed by atoms with Gasteiger partial charge in [-0.25, -0.2) is 0 Å². The van der Waals surface area contributed by atoms with Gasteiger partial charge in [0.2, 0.25) is 0 Å². The van der Waals surface area contributed by atoms with Gasteiger partial charge in [-0.05, 0) is 54.1 Å². The van der Waals surface area contributed by atoms with Crippen LogP contribution in [0.15, 0.2) is 71.3 Å². The Morgan fingerprint density at radius 3 is 2.52 bits per heavy atom. The lowest BCUT2D eigenvalue weighted by Crippen LogP contribution is -2.40. The zero-order chi connectivity index (χ0) is 20.2. The Morgan fingerprint density at radius 2 is 1.83 bits per heavy atom. The number of nitrogens with zero attached hydrogens (tertiary/aromatic N) is 1. The number of furan rings is 1. The summed E-state index contributed by atoms with van der Waals surface area (Å²) in [5, 5.41) is 3.44. The normalized spacial score (nSPS) is 16.4. The second-order valence-electron chi connectivity index (χ2n) is 6.65. The summed E-state index contributed by atoms with van der Waals surface area (Å²) in [6, 6.07) is 17.9. The largest absolute Gasteiger partial charge is 0.459 e. The molecule has 29 heavy (non-hydrogen) atoms. The van der Waals surface area contributed by atoms with E-state index in [1.165, 1.54) is 6.26 Å². The van der Waals surface area contributed by atoms with E-state index in [-0.39, 0.29) is 23.6 Å². The Balaban J connectivity index is 1.48. The van der Waals surface area contributed by atoms with Crippen LogP contribution < -0.4 is 5.32 Å². The first-order valence-electron chi connectivity index (χ1n) is 9.21. The Kier molecular flexibility index (Phi) is 5.92. The van der Waals surface area contributed by atoms with Gasteiger partial charge in [0, 0.05) is 34.3 Å². The molecule has 4 rings (SSSR count). The summed E-state index contributed by atoms with van der Waals surface area (Å²) in [5.74, 6) is 1.65. The molecule has 7 heteroatoms. The van der Waals surface area contributed by atoms with Crippen molar-refractivity contribution in [2.45, 2.75) is 6.04 Å². The predicted molar refractivity (Wildman–Crippen MR) is 116 cm³/mol. The molecule has 3 aromatic rings. The quantitative estimate of drug-likeness (QED) is 0.629. The second kappa shape index (κ2) is 8.76. The standard InChI is InChI=1S/C22H19ClN2O3S/c23-17-7-3-15(4-8-17)19-14-29-13-11-25(19)22(27)16-5-9-18(10-6-16)24-21(26)20-2-1-12-28-20/h1-10,12,19H,11,13-14H2,(H,24,26). The molecule has 5 nitrogen and oxygen atoms in total. The zero-order valence-corrected chi connectivity index (χ0v) is 17.1. The number of benzene rings is 2. The minimum atomic E-state index is -0.329. The molecule has 1 unspecified atom stereocenters. The van der Waals surface area contributed by atoms with E-state index in [0.29, 0.717) is 22.8 Å². The van der Waals surface area contributed by atoms with E-state index >= 15 is 0 Å². The average molecular weight is 427 g/mol. The Hall–Kier alpha value is -2.70. The van der Waals surface area contributed by atoms with E-state index in [9.17, 15) is 9.59 Å². The van der Waals surface area contributed by atoms with Crippen LogP contribution in [0.5, 0.6) is 0 Å². The molecule has 2 heterocycles. The maximum Gasteiger partial charge on any atom is 0.291 e. The first-order valence-corrected chi connectivity index (χ1v) is 10.7. The molecule has 2 amide bonds. The third kappa shape index (κ3) is 4.49. The van der Waals surface area contributed by atoms with Crippen LogP contribution >= 0.6 is 23.4 Å². The van der Waals surface area contributed by atoms with Gasteiger partial charge >= 0.3 is 0 Å². The molecule has 0 aliphatic carbocycles. The highest BCUT2D eigenvalue weighted by Crippen LogP contribution is 2.31. The van der Waals surface area contributed by atoms with Crippen LogP contribution in [-0.2, 0) is 0 Å². The van der Waals surface area contributed by atoms with Crippen molar-refractivity contribution in [2.24, 2.45) is 0 Å². The molecule has 1 fully saturated rings. The monoisotopic (exact) mass is 426 g/mol. The fourth-order valence-electron chi connectivity index (χ4n) is 3.27. The highest BCUT2D eigenvalue weighted by molar-refractivity contribution is 7.99. The minimum Gasteiger partial charge on any atom is -0.459 e. The lowest BCUT2D eigenvalue weighted by Gasteiger charge is -2.36. The molecule has 1 N–H and O–H groups in total. The van der Waals surface area contributed by atoms with Crippen LogP contribution in [0.4, 0.5) is 5.69 Å². The number of thioether (sulfide) groups is 1. The van der Waals surface area contributed by atoms with Crippen molar-refractivity contribution in [1.29, 1.82) is 0 Å². The summed E-state index contributed by atoms with van der Waals surface area (Å²) in [6.45, 7) is 0.688. The van der Waals surface area contributed by atoms with Crippen LogP contribution in [0.3, 0.4) is 0 Å². The number of nitrogens with one attached hydrogen (secondary N) is 1. The Morgan fingerprint density at radius 1 is 1.07 bits per heavy atom. The molecule has 1 atom stereocenters. The van der Waals surface area contributed by atoms with Crippen LogP contribution in [0, 0.1) is 0 Å². The third-order valence-electron chi connectivity index (χ3n) is 4.78. The Bertz CT molecular complexity index is 988. The molecule has 0 bridgehead atoms. The molecule has 148 valence electrons. The number of halogens is 1. The Labute approximate surface area is 178 Å². The van der Waals surface area contributed by atoms with Crippen molar-refractivity contribution in [3.63, 3.8) is 0 Å². The van der Waals surface area contributed by atoms with Crippen molar-refractivity contribution in [1.82, 2.24) is 4.90 Å². The van der Waals surface area contributed by atoms with Gasteiger partial charge < -0.3 is 14.6 Å². The number of amides is 2. The number of anilines is 1. The molecule has 1 aromatic heterocycles. The van der Waals surface area contributed by atoms with Gasteiger partial charge in [-0.3, -0.25) is 9.59 Å². The smallest absolute Gasteiger partial charge is 0.291 e. The van der Waals surface area contributed by atoms with Gasteiger partial charge in [0.25, 0.3) is 11.8 Å². The van der Waals surface area contributed by atoms with Crippen molar-refractivity contribution in [3.05, 3.63) is 88.8 Å². The maximum absolute atomic E-state index is 13.2.